The molecule has 0 unspecified atom stereocenters. The van der Waals surface area contributed by atoms with Gasteiger partial charge in [0.25, 0.3) is 0 Å². The third-order valence-electron chi connectivity index (χ3n) is 5.17. The van der Waals surface area contributed by atoms with Gasteiger partial charge >= 0.3 is 12.4 Å². The minimum absolute atomic E-state index is 0.0158. The van der Waals surface area contributed by atoms with Gasteiger partial charge in [0.15, 0.2) is 0 Å². The number of H-pyrrole nitrogens is 1. The molecule has 1 aliphatic heterocycles. The fourth-order valence-corrected chi connectivity index (χ4v) is 4.06. The number of anilines is 1. The summed E-state index contributed by atoms with van der Waals surface area (Å²) in [5.74, 6) is -4.62. The Morgan fingerprint density at radius 3 is 2.31 bits per heavy atom. The second-order valence-electron chi connectivity index (χ2n) is 7.53. The number of aromatic amines is 1. The van der Waals surface area contributed by atoms with Crippen LogP contribution < -0.4 is 4.90 Å². The van der Waals surface area contributed by atoms with Crippen LogP contribution in [0.3, 0.4) is 0 Å². The molecule has 3 heterocycles. The van der Waals surface area contributed by atoms with Gasteiger partial charge in [-0.3, -0.25) is 0 Å². The highest BCUT2D eigenvalue weighted by molar-refractivity contribution is 6.31. The first kappa shape index (κ1) is 22.6. The van der Waals surface area contributed by atoms with Crippen LogP contribution in [0, 0.1) is 0 Å². The molecule has 2 aromatic heterocycles. The topological polar surface area (TPSA) is 77.9 Å². The molecule has 0 saturated carbocycles. The number of hydrogen-bond donors (Lipinski definition) is 2. The van der Waals surface area contributed by atoms with Crippen molar-refractivity contribution in [1.82, 2.24) is 19.9 Å². The fraction of sp³-hybridized carbons (Fsp3) is 0.421. The molecule has 172 valence electrons. The number of aliphatic hydroxyl groups excluding tert-OH is 1. The van der Waals surface area contributed by atoms with Crippen molar-refractivity contribution in [3.05, 3.63) is 46.1 Å². The SMILES string of the molecule is C[C@@H](O)C[C@H]1c2[nH]c3ccc(Cl)cc3c2CCN1c1nc(C(F)(F)F)nc(C(F)(F)F)n1. The monoisotopic (exact) mass is 479 g/mol. The number of alkyl halides is 6. The molecule has 2 atom stereocenters. The van der Waals surface area contributed by atoms with Crippen molar-refractivity contribution >= 4 is 28.5 Å². The van der Waals surface area contributed by atoms with E-state index in [4.69, 9.17) is 11.6 Å². The largest absolute Gasteiger partial charge is 0.451 e. The molecule has 1 aliphatic rings. The minimum atomic E-state index is -5.20. The van der Waals surface area contributed by atoms with E-state index in [0.717, 1.165) is 10.9 Å². The maximum absolute atomic E-state index is 13.2. The predicted octanol–water partition coefficient (Wildman–Crippen LogP) is 4.92. The summed E-state index contributed by atoms with van der Waals surface area (Å²) in [6.45, 7) is 1.50. The molecular weight excluding hydrogens is 464 g/mol. The summed E-state index contributed by atoms with van der Waals surface area (Å²) in [5, 5.41) is 11.3. The van der Waals surface area contributed by atoms with Crippen molar-refractivity contribution in [1.29, 1.82) is 0 Å². The van der Waals surface area contributed by atoms with Crippen molar-refractivity contribution in [2.24, 2.45) is 0 Å². The molecule has 0 fully saturated rings. The Labute approximate surface area is 182 Å². The lowest BCUT2D eigenvalue weighted by atomic mass is 9.94. The van der Waals surface area contributed by atoms with E-state index in [1.807, 2.05) is 0 Å². The standard InChI is InChI=1S/C19H16ClF6N5O/c1-8(32)6-13-14-10(11-7-9(20)2-3-12(11)27-14)4-5-31(13)17-29-15(18(21,22)23)28-16(30-17)19(24,25)26/h2-3,7-8,13,27,32H,4-6H2,1H3/t8-,13+/m1/s1. The first-order valence-corrected chi connectivity index (χ1v) is 9.87. The van der Waals surface area contributed by atoms with Gasteiger partial charge in [-0.1, -0.05) is 11.6 Å². The van der Waals surface area contributed by atoms with Gasteiger partial charge in [-0.05, 0) is 43.5 Å². The first-order valence-electron chi connectivity index (χ1n) is 9.49. The van der Waals surface area contributed by atoms with Crippen molar-refractivity contribution in [2.75, 3.05) is 11.4 Å². The molecule has 6 nitrogen and oxygen atoms in total. The molecule has 4 rings (SSSR count). The zero-order valence-electron chi connectivity index (χ0n) is 16.4. The molecule has 1 aromatic carbocycles. The Balaban J connectivity index is 1.87. The van der Waals surface area contributed by atoms with Crippen LogP contribution in [-0.2, 0) is 18.8 Å². The summed E-state index contributed by atoms with van der Waals surface area (Å²) in [5.41, 5.74) is 2.09. The van der Waals surface area contributed by atoms with Gasteiger partial charge in [-0.25, -0.2) is 4.98 Å². The van der Waals surface area contributed by atoms with E-state index in [9.17, 15) is 31.4 Å². The van der Waals surface area contributed by atoms with Crippen LogP contribution in [0.25, 0.3) is 10.9 Å². The third-order valence-corrected chi connectivity index (χ3v) is 5.40. The number of benzene rings is 1. The van der Waals surface area contributed by atoms with Crippen molar-refractivity contribution in [2.45, 2.75) is 44.3 Å². The second-order valence-corrected chi connectivity index (χ2v) is 7.97. The molecule has 0 amide bonds. The van der Waals surface area contributed by atoms with E-state index in [0.29, 0.717) is 22.7 Å². The van der Waals surface area contributed by atoms with Gasteiger partial charge in [0.2, 0.25) is 17.6 Å². The van der Waals surface area contributed by atoms with Crippen LogP contribution in [0.15, 0.2) is 18.2 Å². The summed E-state index contributed by atoms with van der Waals surface area (Å²) >= 11 is 6.08. The predicted molar refractivity (Wildman–Crippen MR) is 103 cm³/mol. The molecule has 2 N–H and O–H groups in total. The van der Waals surface area contributed by atoms with Crippen LogP contribution in [0.5, 0.6) is 0 Å². The van der Waals surface area contributed by atoms with Crippen LogP contribution in [-0.4, -0.2) is 37.7 Å². The van der Waals surface area contributed by atoms with Gasteiger partial charge in [0, 0.05) is 28.2 Å². The summed E-state index contributed by atoms with van der Waals surface area (Å²) in [4.78, 5) is 13.6. The smallest absolute Gasteiger partial charge is 0.393 e. The van der Waals surface area contributed by atoms with Crippen molar-refractivity contribution in [3.8, 4) is 0 Å². The molecule has 0 saturated heterocycles. The summed E-state index contributed by atoms with van der Waals surface area (Å²) < 4.78 is 79.4. The van der Waals surface area contributed by atoms with Crippen molar-refractivity contribution in [3.63, 3.8) is 0 Å². The normalized spacial score (nSPS) is 18.2. The lowest BCUT2D eigenvalue weighted by molar-refractivity contribution is -0.155. The average Bonchev–Trinajstić information content (AvgIpc) is 3.04. The van der Waals surface area contributed by atoms with E-state index < -0.39 is 42.1 Å². The average molecular weight is 480 g/mol. The second kappa shape index (κ2) is 7.77. The highest BCUT2D eigenvalue weighted by Gasteiger charge is 2.43. The molecule has 13 heteroatoms. The number of aromatic nitrogens is 4. The number of aliphatic hydroxyl groups is 1. The van der Waals surface area contributed by atoms with Gasteiger partial charge in [0.05, 0.1) is 12.1 Å². The van der Waals surface area contributed by atoms with Gasteiger partial charge in [0.1, 0.15) is 0 Å². The Bertz CT molecular complexity index is 1130. The molecule has 0 aliphatic carbocycles. The Kier molecular flexibility index (Phi) is 5.48. The van der Waals surface area contributed by atoms with Crippen LogP contribution in [0.1, 0.15) is 42.3 Å². The Hall–Kier alpha value is -2.60. The molecular formula is C19H16ClF6N5O. The van der Waals surface area contributed by atoms with Crippen molar-refractivity contribution < 1.29 is 31.4 Å². The lowest BCUT2D eigenvalue weighted by Crippen LogP contribution is -2.39. The maximum atomic E-state index is 13.2. The Morgan fingerprint density at radius 2 is 1.75 bits per heavy atom. The zero-order valence-corrected chi connectivity index (χ0v) is 17.1. The van der Waals surface area contributed by atoms with E-state index in [1.165, 1.54) is 11.8 Å². The van der Waals surface area contributed by atoms with E-state index in [1.54, 1.807) is 18.2 Å². The van der Waals surface area contributed by atoms with Crippen LogP contribution in [0.2, 0.25) is 5.02 Å². The lowest BCUT2D eigenvalue weighted by Gasteiger charge is -2.36. The molecule has 0 spiro atoms. The van der Waals surface area contributed by atoms with Gasteiger partial charge in [-0.15, -0.1) is 0 Å². The van der Waals surface area contributed by atoms with E-state index in [-0.39, 0.29) is 13.0 Å². The number of nitrogens with one attached hydrogen (secondary N) is 1. The molecule has 0 radical (unpaired) electrons. The number of fused-ring (bicyclic) bond motifs is 3. The minimum Gasteiger partial charge on any atom is -0.393 e. The highest BCUT2D eigenvalue weighted by atomic mass is 35.5. The first-order chi connectivity index (χ1) is 14.8. The van der Waals surface area contributed by atoms with Gasteiger partial charge < -0.3 is 15.0 Å². The molecule has 0 bridgehead atoms. The van der Waals surface area contributed by atoms with Gasteiger partial charge in [-0.2, -0.15) is 36.3 Å². The summed E-state index contributed by atoms with van der Waals surface area (Å²) in [6, 6.07) is 4.32. The van der Waals surface area contributed by atoms with E-state index >= 15 is 0 Å². The number of hydrogen-bond acceptors (Lipinski definition) is 5. The summed E-state index contributed by atoms with van der Waals surface area (Å²) in [7, 11) is 0. The fourth-order valence-electron chi connectivity index (χ4n) is 3.89. The third kappa shape index (κ3) is 4.20. The number of nitrogens with zero attached hydrogens (tertiary/aromatic N) is 4. The maximum Gasteiger partial charge on any atom is 0.451 e. The van der Waals surface area contributed by atoms with Crippen LogP contribution in [0.4, 0.5) is 32.3 Å². The summed E-state index contributed by atoms with van der Waals surface area (Å²) in [6.07, 6.45) is -11.0. The quantitative estimate of drug-likeness (QED) is 0.521. The Morgan fingerprint density at radius 1 is 1.12 bits per heavy atom. The zero-order chi connectivity index (χ0) is 23.4. The molecule has 32 heavy (non-hydrogen) atoms. The van der Waals surface area contributed by atoms with Crippen LogP contribution >= 0.6 is 11.6 Å². The highest BCUT2D eigenvalue weighted by Crippen LogP contribution is 2.40. The number of halogens is 7. The number of rotatable bonds is 3. The van der Waals surface area contributed by atoms with E-state index in [2.05, 4.69) is 19.9 Å². The molecule has 3 aromatic rings.